The molecule has 2 aliphatic heterocycles. The predicted octanol–water partition coefficient (Wildman–Crippen LogP) is 4.09. The van der Waals surface area contributed by atoms with Gasteiger partial charge in [0.2, 0.25) is 11.8 Å². The minimum Gasteiger partial charge on any atom is -0.480 e. The van der Waals surface area contributed by atoms with E-state index < -0.39 is 24.0 Å². The lowest BCUT2D eigenvalue weighted by atomic mass is 10.1. The SMILES string of the molecule is CC(C)OCCCCCC(=O)N1CCC[C@@H]1C(=O)O.CC(C)OCCCCCC(=O)N1CCC[C@H]1C(=O)O. The van der Waals surface area contributed by atoms with Crippen molar-refractivity contribution in [2.75, 3.05) is 26.3 Å². The molecular weight excluding hydrogens is 492 g/mol. The van der Waals surface area contributed by atoms with Gasteiger partial charge in [-0.05, 0) is 79.1 Å². The smallest absolute Gasteiger partial charge is 0.326 e. The summed E-state index contributed by atoms with van der Waals surface area (Å²) in [5.41, 5.74) is 0. The molecular formula is C28H50N2O8. The van der Waals surface area contributed by atoms with Gasteiger partial charge in [0.25, 0.3) is 0 Å². The summed E-state index contributed by atoms with van der Waals surface area (Å²) >= 11 is 0. The van der Waals surface area contributed by atoms with Crippen molar-refractivity contribution in [1.82, 2.24) is 9.80 Å². The van der Waals surface area contributed by atoms with Crippen LogP contribution in [0.3, 0.4) is 0 Å². The number of carbonyl (C=O) groups is 4. The second kappa shape index (κ2) is 19.0. The molecule has 0 unspecified atom stereocenters. The molecule has 38 heavy (non-hydrogen) atoms. The number of amides is 2. The fourth-order valence-electron chi connectivity index (χ4n) is 4.68. The van der Waals surface area contributed by atoms with Crippen LogP contribution in [-0.4, -0.2) is 94.4 Å². The summed E-state index contributed by atoms with van der Waals surface area (Å²) in [7, 11) is 0. The third-order valence-electron chi connectivity index (χ3n) is 6.69. The van der Waals surface area contributed by atoms with Crippen molar-refractivity contribution in [1.29, 1.82) is 0 Å². The number of unbranched alkanes of at least 4 members (excludes halogenated alkanes) is 4. The van der Waals surface area contributed by atoms with Crippen LogP contribution >= 0.6 is 0 Å². The van der Waals surface area contributed by atoms with Gasteiger partial charge >= 0.3 is 11.9 Å². The van der Waals surface area contributed by atoms with E-state index in [1.807, 2.05) is 27.7 Å². The Labute approximate surface area is 228 Å². The first-order valence-corrected chi connectivity index (χ1v) is 14.3. The summed E-state index contributed by atoms with van der Waals surface area (Å²) in [6, 6.07) is -1.20. The van der Waals surface area contributed by atoms with Crippen LogP contribution < -0.4 is 0 Å². The summed E-state index contributed by atoms with van der Waals surface area (Å²) in [6.07, 6.45) is 9.59. The minimum atomic E-state index is -0.879. The van der Waals surface area contributed by atoms with Crippen molar-refractivity contribution < 1.29 is 38.9 Å². The van der Waals surface area contributed by atoms with Gasteiger partial charge in [0.1, 0.15) is 12.1 Å². The van der Waals surface area contributed by atoms with Crippen molar-refractivity contribution in [3.8, 4) is 0 Å². The highest BCUT2D eigenvalue weighted by atomic mass is 16.5. The molecule has 2 N–H and O–H groups in total. The number of rotatable bonds is 16. The van der Waals surface area contributed by atoms with Gasteiger partial charge in [0, 0.05) is 39.1 Å². The van der Waals surface area contributed by atoms with E-state index in [0.717, 1.165) is 64.6 Å². The summed E-state index contributed by atoms with van der Waals surface area (Å²) in [5.74, 6) is -1.79. The Kier molecular flexibility index (Phi) is 16.9. The predicted molar refractivity (Wildman–Crippen MR) is 144 cm³/mol. The quantitative estimate of drug-likeness (QED) is 0.279. The molecule has 0 radical (unpaired) electrons. The maximum absolute atomic E-state index is 11.9. The molecule has 2 heterocycles. The molecule has 0 bridgehead atoms. The number of hydrogen-bond acceptors (Lipinski definition) is 6. The molecule has 10 nitrogen and oxygen atoms in total. The first kappa shape index (κ1) is 33.8. The van der Waals surface area contributed by atoms with Crippen molar-refractivity contribution in [2.45, 2.75) is 129 Å². The Morgan fingerprint density at radius 3 is 1.34 bits per heavy atom. The lowest BCUT2D eigenvalue weighted by Gasteiger charge is -2.21. The van der Waals surface area contributed by atoms with E-state index in [9.17, 15) is 19.2 Å². The Morgan fingerprint density at radius 2 is 1.03 bits per heavy atom. The number of carboxylic acids is 2. The summed E-state index contributed by atoms with van der Waals surface area (Å²) in [6.45, 7) is 10.6. The molecule has 2 rings (SSSR count). The number of aliphatic carboxylic acids is 2. The topological polar surface area (TPSA) is 134 Å². The Bertz CT molecular complexity index is 668. The number of hydrogen-bond donors (Lipinski definition) is 2. The Morgan fingerprint density at radius 1 is 0.658 bits per heavy atom. The highest BCUT2D eigenvalue weighted by Gasteiger charge is 2.34. The van der Waals surface area contributed by atoms with Gasteiger partial charge < -0.3 is 29.5 Å². The Balaban J connectivity index is 0.000000380. The first-order chi connectivity index (χ1) is 18.0. The molecule has 2 fully saturated rings. The molecule has 0 aromatic rings. The first-order valence-electron chi connectivity index (χ1n) is 14.3. The summed E-state index contributed by atoms with van der Waals surface area (Å²) in [4.78, 5) is 48.9. The normalized spacial score (nSPS) is 19.1. The van der Waals surface area contributed by atoms with Crippen molar-refractivity contribution in [2.24, 2.45) is 0 Å². The standard InChI is InChI=1S/2C14H25NO4/c2*1-11(2)19-10-5-3-4-8-13(16)15-9-6-7-12(15)14(17)18/h2*11-12H,3-10H2,1-2H3,(H,17,18)/t2*12-/m10/s1. The molecule has 2 amide bonds. The molecule has 2 saturated heterocycles. The summed E-state index contributed by atoms with van der Waals surface area (Å²) < 4.78 is 10.8. The zero-order chi connectivity index (χ0) is 28.5. The van der Waals surface area contributed by atoms with Crippen LogP contribution in [0.1, 0.15) is 105 Å². The second-order valence-corrected chi connectivity index (χ2v) is 10.6. The van der Waals surface area contributed by atoms with E-state index in [1.165, 1.54) is 9.80 Å². The van der Waals surface area contributed by atoms with E-state index >= 15 is 0 Å². The van der Waals surface area contributed by atoms with Crippen LogP contribution in [0, 0.1) is 0 Å². The van der Waals surface area contributed by atoms with Crippen LogP contribution in [0.15, 0.2) is 0 Å². The van der Waals surface area contributed by atoms with Crippen LogP contribution in [0.4, 0.5) is 0 Å². The van der Waals surface area contributed by atoms with Gasteiger partial charge in [-0.3, -0.25) is 9.59 Å². The third kappa shape index (κ3) is 13.6. The fraction of sp³-hybridized carbons (Fsp3) is 0.857. The maximum Gasteiger partial charge on any atom is 0.326 e. The van der Waals surface area contributed by atoms with E-state index in [4.69, 9.17) is 19.7 Å². The van der Waals surface area contributed by atoms with Crippen LogP contribution in [-0.2, 0) is 28.7 Å². The molecule has 0 aliphatic carbocycles. The van der Waals surface area contributed by atoms with Crippen LogP contribution in [0.2, 0.25) is 0 Å². The van der Waals surface area contributed by atoms with Crippen molar-refractivity contribution in [3.05, 3.63) is 0 Å². The zero-order valence-corrected chi connectivity index (χ0v) is 23.9. The monoisotopic (exact) mass is 542 g/mol. The molecule has 10 heteroatoms. The number of nitrogens with zero attached hydrogens (tertiary/aromatic N) is 2. The molecule has 0 spiro atoms. The maximum atomic E-state index is 11.9. The number of likely N-dealkylation sites (tertiary alicyclic amines) is 2. The lowest BCUT2D eigenvalue weighted by molar-refractivity contribution is -0.148. The molecule has 0 aromatic carbocycles. The highest BCUT2D eigenvalue weighted by Crippen LogP contribution is 2.20. The fourth-order valence-corrected chi connectivity index (χ4v) is 4.68. The van der Waals surface area contributed by atoms with E-state index in [0.29, 0.717) is 38.8 Å². The highest BCUT2D eigenvalue weighted by molar-refractivity contribution is 5.84. The van der Waals surface area contributed by atoms with E-state index in [-0.39, 0.29) is 24.0 Å². The van der Waals surface area contributed by atoms with Gasteiger partial charge in [0.05, 0.1) is 12.2 Å². The van der Waals surface area contributed by atoms with Gasteiger partial charge in [-0.25, -0.2) is 9.59 Å². The molecule has 2 aliphatic rings. The lowest BCUT2D eigenvalue weighted by Crippen LogP contribution is -2.40. The van der Waals surface area contributed by atoms with Crippen molar-refractivity contribution in [3.63, 3.8) is 0 Å². The molecule has 2 atom stereocenters. The minimum absolute atomic E-state index is 0.0188. The van der Waals surface area contributed by atoms with Crippen LogP contribution in [0.5, 0.6) is 0 Å². The van der Waals surface area contributed by atoms with Gasteiger partial charge in [-0.2, -0.15) is 0 Å². The molecule has 0 saturated carbocycles. The van der Waals surface area contributed by atoms with E-state index in [1.54, 1.807) is 0 Å². The average Bonchev–Trinajstić information content (AvgIpc) is 3.53. The average molecular weight is 543 g/mol. The molecule has 220 valence electrons. The second-order valence-electron chi connectivity index (χ2n) is 10.6. The van der Waals surface area contributed by atoms with Gasteiger partial charge in [-0.1, -0.05) is 12.8 Å². The van der Waals surface area contributed by atoms with E-state index in [2.05, 4.69) is 0 Å². The zero-order valence-electron chi connectivity index (χ0n) is 23.9. The van der Waals surface area contributed by atoms with Crippen LogP contribution in [0.25, 0.3) is 0 Å². The number of carbonyl (C=O) groups excluding carboxylic acids is 2. The molecule has 0 aromatic heterocycles. The Hall–Kier alpha value is -2.20. The number of ether oxygens (including phenoxy) is 2. The van der Waals surface area contributed by atoms with Gasteiger partial charge in [0.15, 0.2) is 0 Å². The largest absolute Gasteiger partial charge is 0.480 e. The third-order valence-corrected chi connectivity index (χ3v) is 6.69. The van der Waals surface area contributed by atoms with Crippen molar-refractivity contribution >= 4 is 23.8 Å². The summed E-state index contributed by atoms with van der Waals surface area (Å²) in [5, 5.41) is 18.0. The van der Waals surface area contributed by atoms with Gasteiger partial charge in [-0.15, -0.1) is 0 Å². The number of carboxylic acid groups (broad SMARTS) is 2.